The molecule has 6 rings (SSSR count). The molecule has 0 fully saturated rings. The second-order valence-corrected chi connectivity index (χ2v) is 7.97. The molecule has 6 aromatic heterocycles. The minimum atomic E-state index is -0.502. The van der Waals surface area contributed by atoms with Crippen LogP contribution in [0.2, 0.25) is 0 Å². The zero-order valence-electron chi connectivity index (χ0n) is 18.3. The van der Waals surface area contributed by atoms with Gasteiger partial charge in [-0.15, -0.1) is 0 Å². The highest BCUT2D eigenvalue weighted by Crippen LogP contribution is 2.34. The van der Waals surface area contributed by atoms with Crippen molar-refractivity contribution in [1.29, 1.82) is 0 Å². The topological polar surface area (TPSA) is 112 Å². The Morgan fingerprint density at radius 2 is 1.85 bits per heavy atom. The molecule has 2 N–H and O–H groups in total. The first-order chi connectivity index (χ1) is 16.6. The van der Waals surface area contributed by atoms with Crippen LogP contribution in [-0.2, 0) is 0 Å². The van der Waals surface area contributed by atoms with Gasteiger partial charge in [-0.05, 0) is 24.3 Å². The molecule has 166 valence electrons. The summed E-state index contributed by atoms with van der Waals surface area (Å²) >= 11 is 0. The Labute approximate surface area is 192 Å². The van der Waals surface area contributed by atoms with E-state index in [0.717, 1.165) is 16.9 Å². The van der Waals surface area contributed by atoms with Gasteiger partial charge in [0.1, 0.15) is 11.4 Å². The molecule has 0 unspecified atom stereocenters. The molecule has 0 amide bonds. The van der Waals surface area contributed by atoms with Crippen LogP contribution in [0.4, 0.5) is 10.1 Å². The van der Waals surface area contributed by atoms with Gasteiger partial charge in [0.15, 0.2) is 17.3 Å². The van der Waals surface area contributed by atoms with Crippen LogP contribution in [0.15, 0.2) is 61.3 Å². The molecule has 0 radical (unpaired) electrons. The number of anilines is 1. The molecule has 0 saturated carbocycles. The van der Waals surface area contributed by atoms with Gasteiger partial charge in [0, 0.05) is 43.8 Å². The average Bonchev–Trinajstić information content (AvgIpc) is 3.49. The van der Waals surface area contributed by atoms with Crippen LogP contribution in [0, 0.1) is 5.82 Å². The van der Waals surface area contributed by atoms with E-state index in [1.807, 2.05) is 49.3 Å². The van der Waals surface area contributed by atoms with E-state index in [1.54, 1.807) is 31.0 Å². The lowest BCUT2D eigenvalue weighted by molar-refractivity contribution is 0.638. The molecule has 0 aromatic carbocycles. The van der Waals surface area contributed by atoms with E-state index in [-0.39, 0.29) is 5.69 Å². The Morgan fingerprint density at radius 3 is 2.68 bits per heavy atom. The molecule has 10 heteroatoms. The van der Waals surface area contributed by atoms with E-state index in [4.69, 9.17) is 0 Å². The standard InChI is InChI=1S/C24H18FN9/c1-34(2)14-9-13(10-26-11-14)20-19(25)18-17(12-29-20)32-33-22(18)24-30-21-15(6-8-28-23(21)31-24)16-5-3-4-7-27-16/h3-12H,1-2H3,(H,32,33)(H,28,30,31). The van der Waals surface area contributed by atoms with E-state index in [2.05, 4.69) is 40.1 Å². The molecule has 0 spiro atoms. The Hall–Kier alpha value is -4.73. The van der Waals surface area contributed by atoms with E-state index >= 15 is 4.39 Å². The van der Waals surface area contributed by atoms with Gasteiger partial charge in [0.25, 0.3) is 0 Å². The Balaban J connectivity index is 1.52. The average molecular weight is 451 g/mol. The highest BCUT2D eigenvalue weighted by Gasteiger charge is 2.21. The molecular weight excluding hydrogens is 433 g/mol. The van der Waals surface area contributed by atoms with E-state index in [0.29, 0.717) is 39.1 Å². The number of hydrogen-bond acceptors (Lipinski definition) is 7. The number of nitrogens with one attached hydrogen (secondary N) is 2. The fraction of sp³-hybridized carbons (Fsp3) is 0.0833. The van der Waals surface area contributed by atoms with Crippen LogP contribution in [-0.4, -0.2) is 54.2 Å². The van der Waals surface area contributed by atoms with Crippen LogP contribution in [0.3, 0.4) is 0 Å². The molecular formula is C24H18FN9. The van der Waals surface area contributed by atoms with E-state index in [9.17, 15) is 0 Å². The minimum absolute atomic E-state index is 0.190. The van der Waals surface area contributed by atoms with Crippen LogP contribution in [0.25, 0.3) is 56.1 Å². The summed E-state index contributed by atoms with van der Waals surface area (Å²) in [5.41, 5.74) is 5.23. The van der Waals surface area contributed by atoms with Crippen molar-refractivity contribution in [2.24, 2.45) is 0 Å². The maximum Gasteiger partial charge on any atom is 0.178 e. The Kier molecular flexibility index (Phi) is 4.51. The van der Waals surface area contributed by atoms with Gasteiger partial charge in [0.2, 0.25) is 0 Å². The number of pyridine rings is 4. The van der Waals surface area contributed by atoms with E-state index in [1.165, 1.54) is 0 Å². The van der Waals surface area contributed by atoms with Gasteiger partial charge >= 0.3 is 0 Å². The molecule has 0 atom stereocenters. The first-order valence-electron chi connectivity index (χ1n) is 10.5. The predicted molar refractivity (Wildman–Crippen MR) is 128 cm³/mol. The number of aromatic nitrogens is 8. The van der Waals surface area contributed by atoms with Crippen molar-refractivity contribution < 1.29 is 4.39 Å². The van der Waals surface area contributed by atoms with E-state index < -0.39 is 5.82 Å². The van der Waals surface area contributed by atoms with Gasteiger partial charge in [0.05, 0.1) is 40.2 Å². The highest BCUT2D eigenvalue weighted by atomic mass is 19.1. The number of imidazole rings is 1. The molecule has 0 aliphatic carbocycles. The summed E-state index contributed by atoms with van der Waals surface area (Å²) in [5, 5.41) is 7.49. The highest BCUT2D eigenvalue weighted by molar-refractivity contribution is 5.96. The number of halogens is 1. The number of H-pyrrole nitrogens is 2. The normalized spacial score (nSPS) is 11.4. The monoisotopic (exact) mass is 451 g/mol. The summed E-state index contributed by atoms with van der Waals surface area (Å²) in [6.45, 7) is 0. The maximum atomic E-state index is 15.8. The summed E-state index contributed by atoms with van der Waals surface area (Å²) < 4.78 is 15.8. The second-order valence-electron chi connectivity index (χ2n) is 7.97. The van der Waals surface area contributed by atoms with Crippen LogP contribution < -0.4 is 4.90 Å². The lowest BCUT2D eigenvalue weighted by Crippen LogP contribution is -2.09. The number of fused-ring (bicyclic) bond motifs is 2. The van der Waals surface area contributed by atoms with Crippen molar-refractivity contribution in [3.63, 3.8) is 0 Å². The molecule has 6 aromatic rings. The number of aromatic amines is 2. The Morgan fingerprint density at radius 1 is 0.941 bits per heavy atom. The third kappa shape index (κ3) is 3.15. The van der Waals surface area contributed by atoms with Gasteiger partial charge in [-0.3, -0.25) is 20.1 Å². The van der Waals surface area contributed by atoms with Crippen molar-refractivity contribution in [3.8, 4) is 34.0 Å². The lowest BCUT2D eigenvalue weighted by atomic mass is 10.1. The molecule has 0 saturated heterocycles. The van der Waals surface area contributed by atoms with Crippen LogP contribution >= 0.6 is 0 Å². The fourth-order valence-electron chi connectivity index (χ4n) is 3.91. The third-order valence-electron chi connectivity index (χ3n) is 5.62. The smallest absolute Gasteiger partial charge is 0.178 e. The van der Waals surface area contributed by atoms with Crippen molar-refractivity contribution in [2.75, 3.05) is 19.0 Å². The van der Waals surface area contributed by atoms with Gasteiger partial charge in [-0.2, -0.15) is 5.10 Å². The van der Waals surface area contributed by atoms with Gasteiger partial charge < -0.3 is 9.88 Å². The maximum absolute atomic E-state index is 15.8. The number of nitrogens with zero attached hydrogens (tertiary/aromatic N) is 7. The predicted octanol–water partition coefficient (Wildman–Crippen LogP) is 4.23. The van der Waals surface area contributed by atoms with Crippen LogP contribution in [0.1, 0.15) is 0 Å². The SMILES string of the molecule is CN(C)c1cncc(-c2ncc3[nH]nc(-c4nc5nccc(-c6ccccn6)c5[nH]4)c3c2F)c1. The summed E-state index contributed by atoms with van der Waals surface area (Å²) in [6, 6.07) is 9.38. The minimum Gasteiger partial charge on any atom is -0.376 e. The second kappa shape index (κ2) is 7.69. The molecule has 0 aliphatic rings. The van der Waals surface area contributed by atoms with Crippen LogP contribution in [0.5, 0.6) is 0 Å². The first kappa shape index (κ1) is 19.9. The van der Waals surface area contributed by atoms with Gasteiger partial charge in [-0.1, -0.05) is 6.07 Å². The summed E-state index contributed by atoms with van der Waals surface area (Å²) in [7, 11) is 3.80. The third-order valence-corrected chi connectivity index (χ3v) is 5.62. The summed E-state index contributed by atoms with van der Waals surface area (Å²) in [4.78, 5) is 27.1. The zero-order valence-corrected chi connectivity index (χ0v) is 18.3. The number of rotatable bonds is 4. The van der Waals surface area contributed by atoms with Crippen molar-refractivity contribution in [3.05, 3.63) is 67.1 Å². The molecule has 0 aliphatic heterocycles. The summed E-state index contributed by atoms with van der Waals surface area (Å²) in [6.07, 6.45) is 8.27. The molecule has 6 heterocycles. The fourth-order valence-corrected chi connectivity index (χ4v) is 3.91. The number of hydrogen-bond donors (Lipinski definition) is 2. The van der Waals surface area contributed by atoms with Crippen molar-refractivity contribution >= 4 is 27.8 Å². The first-order valence-corrected chi connectivity index (χ1v) is 10.5. The zero-order chi connectivity index (χ0) is 23.2. The summed E-state index contributed by atoms with van der Waals surface area (Å²) in [5.74, 6) is -0.106. The molecule has 0 bridgehead atoms. The van der Waals surface area contributed by atoms with Crippen molar-refractivity contribution in [2.45, 2.75) is 0 Å². The van der Waals surface area contributed by atoms with Crippen molar-refractivity contribution in [1.82, 2.24) is 40.1 Å². The Bertz CT molecular complexity index is 1650. The molecule has 34 heavy (non-hydrogen) atoms. The lowest BCUT2D eigenvalue weighted by Gasteiger charge is -2.13. The quantitative estimate of drug-likeness (QED) is 0.413. The van der Waals surface area contributed by atoms with Gasteiger partial charge in [-0.25, -0.2) is 14.4 Å². The largest absolute Gasteiger partial charge is 0.376 e. The molecule has 9 nitrogen and oxygen atoms in total.